The van der Waals surface area contributed by atoms with E-state index in [9.17, 15) is 30.9 Å². The van der Waals surface area contributed by atoms with Gasteiger partial charge in [0.25, 0.3) is 0 Å². The van der Waals surface area contributed by atoms with Gasteiger partial charge in [-0.25, -0.2) is 0 Å². The maximum Gasteiger partial charge on any atom is 0.142 e. The molecule has 6 rings (SSSR count). The van der Waals surface area contributed by atoms with Crippen molar-refractivity contribution in [1.82, 2.24) is 20.6 Å². The van der Waals surface area contributed by atoms with Crippen molar-refractivity contribution in [1.29, 1.82) is 10.5 Å². The molecule has 66 heavy (non-hydrogen) atoms. The highest BCUT2D eigenvalue weighted by Gasteiger charge is 2.24. The maximum absolute atomic E-state index is 9.84. The number of nitriles is 2. The van der Waals surface area contributed by atoms with Crippen molar-refractivity contribution < 1.29 is 39.4 Å². The van der Waals surface area contributed by atoms with E-state index in [0.717, 1.165) is 22.3 Å². The number of ether oxygens (including phenoxy) is 4. The average molecular weight is 934 g/mol. The zero-order valence-corrected chi connectivity index (χ0v) is 37.9. The predicted octanol–water partition coefficient (Wildman–Crippen LogP) is 7.18. The first-order chi connectivity index (χ1) is 31.9. The van der Waals surface area contributed by atoms with Crippen LogP contribution >= 0.6 is 23.2 Å². The van der Waals surface area contributed by atoms with Crippen molar-refractivity contribution in [3.8, 4) is 46.3 Å². The van der Waals surface area contributed by atoms with E-state index >= 15 is 0 Å². The quantitative estimate of drug-likeness (QED) is 0.0376. The summed E-state index contributed by atoms with van der Waals surface area (Å²) in [4.78, 5) is 8.24. The molecule has 0 aliphatic rings. The highest BCUT2D eigenvalue weighted by Crippen LogP contribution is 2.36. The number of aliphatic hydroxyl groups is 4. The molecule has 4 aromatic carbocycles. The van der Waals surface area contributed by atoms with Gasteiger partial charge < -0.3 is 50.0 Å². The summed E-state index contributed by atoms with van der Waals surface area (Å²) in [5.41, 5.74) is 5.27. The number of pyridine rings is 2. The monoisotopic (exact) mass is 932 g/mol. The Bertz CT molecular complexity index is 2500. The lowest BCUT2D eigenvalue weighted by atomic mass is 10.0. The average Bonchev–Trinajstić information content (AvgIpc) is 3.36. The van der Waals surface area contributed by atoms with Gasteiger partial charge in [-0.1, -0.05) is 59.6 Å². The summed E-state index contributed by atoms with van der Waals surface area (Å²) in [6.07, 6.45) is 6.18. The molecular weight excluding hydrogens is 883 g/mol. The molecule has 0 atom stereocenters. The number of halogens is 2. The van der Waals surface area contributed by atoms with E-state index in [1.807, 2.05) is 48.5 Å². The third-order valence-corrected chi connectivity index (χ3v) is 11.2. The smallest absolute Gasteiger partial charge is 0.142 e. The third-order valence-electron chi connectivity index (χ3n) is 10.6. The molecule has 0 radical (unpaired) electrons. The Morgan fingerprint density at radius 3 is 1.27 bits per heavy atom. The van der Waals surface area contributed by atoms with Crippen LogP contribution in [0.4, 0.5) is 0 Å². The minimum absolute atomic E-state index is 0.114. The fourth-order valence-electron chi connectivity index (χ4n) is 6.44. The lowest BCUT2D eigenvalue weighted by molar-refractivity contribution is 0.102. The van der Waals surface area contributed by atoms with Crippen LogP contribution in [0.2, 0.25) is 10.0 Å². The first-order valence-electron chi connectivity index (χ1n) is 20.8. The number of aromatic nitrogens is 2. The van der Waals surface area contributed by atoms with Crippen molar-refractivity contribution in [2.75, 3.05) is 26.4 Å². The molecule has 342 valence electrons. The molecular formula is C50H50Cl2N6O8. The minimum atomic E-state index is -0.945. The van der Waals surface area contributed by atoms with Crippen LogP contribution in [0, 0.1) is 22.7 Å². The van der Waals surface area contributed by atoms with E-state index in [0.29, 0.717) is 66.4 Å². The normalized spacial score (nSPS) is 11.4. The van der Waals surface area contributed by atoms with Gasteiger partial charge in [0.1, 0.15) is 61.6 Å². The summed E-state index contributed by atoms with van der Waals surface area (Å²) in [5, 5.41) is 65.0. The van der Waals surface area contributed by atoms with Crippen LogP contribution in [0.25, 0.3) is 11.1 Å². The second kappa shape index (κ2) is 23.2. The highest BCUT2D eigenvalue weighted by molar-refractivity contribution is 6.32. The molecule has 6 aromatic rings. The van der Waals surface area contributed by atoms with Gasteiger partial charge in [-0.3, -0.25) is 9.97 Å². The second-order valence-electron chi connectivity index (χ2n) is 16.2. The van der Waals surface area contributed by atoms with E-state index in [1.54, 1.807) is 62.6 Å². The summed E-state index contributed by atoms with van der Waals surface area (Å²) in [6.45, 7) is 3.26. The number of nitrogens with zero attached hydrogens (tertiary/aromatic N) is 4. The van der Waals surface area contributed by atoms with Crippen LogP contribution < -0.4 is 29.6 Å². The Morgan fingerprint density at radius 2 is 0.894 bits per heavy atom. The van der Waals surface area contributed by atoms with Crippen LogP contribution in [0.5, 0.6) is 23.0 Å². The molecule has 0 fully saturated rings. The SMILES string of the molecule is CC(CO)(CO)NCc1cc(Cl)c(OCc2cccc(-c3cccc(COc4cc(OCc5cncc(C#N)c5)c(CNC(C)(CO)CO)cc4Cl)c3)c2)cc1OCc1cncc(C#N)c1. The maximum atomic E-state index is 9.84. The van der Waals surface area contributed by atoms with Gasteiger partial charge in [-0.05, 0) is 72.5 Å². The molecule has 0 unspecified atom stereocenters. The van der Waals surface area contributed by atoms with Crippen LogP contribution in [0.3, 0.4) is 0 Å². The van der Waals surface area contributed by atoms with Gasteiger partial charge in [0.05, 0.1) is 58.7 Å². The zero-order chi connectivity index (χ0) is 47.1. The molecule has 14 nitrogen and oxygen atoms in total. The Hall–Kier alpha value is -6.30. The van der Waals surface area contributed by atoms with Crippen molar-refractivity contribution in [2.45, 2.75) is 64.4 Å². The van der Waals surface area contributed by atoms with Gasteiger partial charge in [0.15, 0.2) is 0 Å². The fraction of sp³-hybridized carbons (Fsp3) is 0.280. The minimum Gasteiger partial charge on any atom is -0.488 e. The molecule has 0 aliphatic carbocycles. The Labute approximate surface area is 393 Å². The second-order valence-corrected chi connectivity index (χ2v) is 17.0. The number of rotatable bonds is 23. The Balaban J connectivity index is 1.16. The third kappa shape index (κ3) is 13.4. The molecule has 0 saturated carbocycles. The number of hydrogen-bond donors (Lipinski definition) is 6. The lowest BCUT2D eigenvalue weighted by Gasteiger charge is -2.27. The van der Waals surface area contributed by atoms with Gasteiger partial charge >= 0.3 is 0 Å². The van der Waals surface area contributed by atoms with E-state index in [1.165, 1.54) is 12.4 Å². The molecule has 0 spiro atoms. The van der Waals surface area contributed by atoms with Gasteiger partial charge in [-0.15, -0.1) is 0 Å². The fourth-order valence-corrected chi connectivity index (χ4v) is 6.92. The highest BCUT2D eigenvalue weighted by atomic mass is 35.5. The predicted molar refractivity (Wildman–Crippen MR) is 249 cm³/mol. The summed E-state index contributed by atoms with van der Waals surface area (Å²) >= 11 is 13.5. The first-order valence-corrected chi connectivity index (χ1v) is 21.6. The van der Waals surface area contributed by atoms with E-state index in [2.05, 4.69) is 32.7 Å². The van der Waals surface area contributed by atoms with Crippen LogP contribution in [0.1, 0.15) is 58.4 Å². The van der Waals surface area contributed by atoms with Crippen LogP contribution in [0.15, 0.2) is 110 Å². The lowest BCUT2D eigenvalue weighted by Crippen LogP contribution is -2.48. The topological polar surface area (TPSA) is 215 Å². The number of nitrogens with one attached hydrogen (secondary N) is 2. The largest absolute Gasteiger partial charge is 0.488 e. The Morgan fingerprint density at radius 1 is 0.515 bits per heavy atom. The molecule has 0 aliphatic heterocycles. The van der Waals surface area contributed by atoms with Crippen LogP contribution in [-0.2, 0) is 39.5 Å². The number of aliphatic hydroxyl groups excluding tert-OH is 4. The Kier molecular flexibility index (Phi) is 17.3. The summed E-state index contributed by atoms with van der Waals surface area (Å²) in [6, 6.07) is 30.2. The van der Waals surface area contributed by atoms with Crippen molar-refractivity contribution in [3.63, 3.8) is 0 Å². The van der Waals surface area contributed by atoms with E-state index < -0.39 is 11.1 Å². The molecule has 6 N–H and O–H groups in total. The van der Waals surface area contributed by atoms with Crippen LogP contribution in [-0.4, -0.2) is 67.9 Å². The van der Waals surface area contributed by atoms with Crippen molar-refractivity contribution in [2.24, 2.45) is 0 Å². The zero-order valence-electron chi connectivity index (χ0n) is 36.4. The van der Waals surface area contributed by atoms with Gasteiger partial charge in [-0.2, -0.15) is 10.5 Å². The summed E-state index contributed by atoms with van der Waals surface area (Å²) < 4.78 is 25.0. The molecule has 16 heteroatoms. The molecule has 0 saturated heterocycles. The van der Waals surface area contributed by atoms with Crippen molar-refractivity contribution in [3.05, 3.63) is 164 Å². The molecule has 0 bridgehead atoms. The van der Waals surface area contributed by atoms with Gasteiger partial charge in [0.2, 0.25) is 0 Å². The van der Waals surface area contributed by atoms with Crippen molar-refractivity contribution >= 4 is 23.2 Å². The molecule has 2 aromatic heterocycles. The number of hydrogen-bond acceptors (Lipinski definition) is 14. The summed E-state index contributed by atoms with van der Waals surface area (Å²) in [7, 11) is 0. The number of benzene rings is 4. The molecule has 2 heterocycles. The van der Waals surface area contributed by atoms with E-state index in [-0.39, 0.29) is 65.9 Å². The summed E-state index contributed by atoms with van der Waals surface area (Å²) in [5.74, 6) is 1.67. The standard InChI is InChI=1S/C50H50Cl2N6O8/c1-49(29-59,30-60)57-23-41-13-43(51)47(15-45(41)63-27-37-9-35(17-53)19-55-21-37)65-25-33-5-3-7-39(11-33)40-8-4-6-34(12-40)26-66-48-16-46(64-28-38-10-36(18-54)20-56-22-38)42(14-44(48)52)24-58-50(2,31-61)32-62/h3-16,19-22,57-62H,23-32H2,1-2H3. The first kappa shape index (κ1) is 49.1. The molecule has 0 amide bonds. The van der Waals surface area contributed by atoms with E-state index in [4.69, 9.17) is 42.1 Å². The van der Waals surface area contributed by atoms with Gasteiger partial charge in [0, 0.05) is 72.3 Å².